The lowest BCUT2D eigenvalue weighted by Gasteiger charge is -2.35. The van der Waals surface area contributed by atoms with Crippen molar-refractivity contribution >= 4 is 17.0 Å². The van der Waals surface area contributed by atoms with E-state index in [1.807, 2.05) is 0 Å². The smallest absolute Gasteiger partial charge is 0.182 e. The molecule has 1 saturated heterocycles. The summed E-state index contributed by atoms with van der Waals surface area (Å²) in [4.78, 5) is 18.5. The van der Waals surface area contributed by atoms with Crippen LogP contribution < -0.4 is 10.2 Å². The van der Waals surface area contributed by atoms with E-state index in [1.165, 1.54) is 12.8 Å². The average molecular weight is 260 g/mol. The van der Waals surface area contributed by atoms with E-state index in [4.69, 9.17) is 0 Å². The number of anilines is 1. The van der Waals surface area contributed by atoms with Crippen LogP contribution in [0, 0.1) is 0 Å². The van der Waals surface area contributed by atoms with Crippen LogP contribution in [0.2, 0.25) is 0 Å². The third-order valence-electron chi connectivity index (χ3n) is 3.65. The number of hydrogen-bond acceptors (Lipinski definition) is 5. The van der Waals surface area contributed by atoms with Crippen molar-refractivity contribution in [3.63, 3.8) is 0 Å². The van der Waals surface area contributed by atoms with Gasteiger partial charge in [0, 0.05) is 19.1 Å². The van der Waals surface area contributed by atoms with Crippen molar-refractivity contribution in [2.24, 2.45) is 0 Å². The van der Waals surface area contributed by atoms with Gasteiger partial charge < -0.3 is 15.2 Å². The highest BCUT2D eigenvalue weighted by atomic mass is 15.2. The summed E-state index contributed by atoms with van der Waals surface area (Å²) in [6, 6.07) is 0.509. The minimum absolute atomic E-state index is 0.509. The summed E-state index contributed by atoms with van der Waals surface area (Å²) in [6.07, 6.45) is 6.84. The van der Waals surface area contributed by atoms with Gasteiger partial charge in [0.15, 0.2) is 11.5 Å². The Labute approximate surface area is 112 Å². The van der Waals surface area contributed by atoms with Crippen molar-refractivity contribution in [3.05, 3.63) is 12.7 Å². The Morgan fingerprint density at radius 3 is 3.11 bits per heavy atom. The Morgan fingerprint density at radius 2 is 2.32 bits per heavy atom. The zero-order chi connectivity index (χ0) is 13.1. The van der Waals surface area contributed by atoms with Gasteiger partial charge in [-0.1, -0.05) is 6.92 Å². The van der Waals surface area contributed by atoms with Gasteiger partial charge in [0.05, 0.1) is 6.33 Å². The fraction of sp³-hybridized carbons (Fsp3) is 0.615. The van der Waals surface area contributed by atoms with Crippen LogP contribution in [-0.2, 0) is 0 Å². The van der Waals surface area contributed by atoms with E-state index in [0.29, 0.717) is 6.04 Å². The maximum Gasteiger partial charge on any atom is 0.182 e. The number of fused-ring (bicyclic) bond motifs is 1. The molecule has 102 valence electrons. The summed E-state index contributed by atoms with van der Waals surface area (Å²) in [5, 5.41) is 3.47. The normalized spacial score (nSPS) is 19.7. The van der Waals surface area contributed by atoms with Gasteiger partial charge in [-0.05, 0) is 25.8 Å². The van der Waals surface area contributed by atoms with E-state index in [1.54, 1.807) is 12.7 Å². The molecule has 1 unspecified atom stereocenters. The maximum atomic E-state index is 4.49. The van der Waals surface area contributed by atoms with E-state index in [2.05, 4.69) is 37.1 Å². The Morgan fingerprint density at radius 1 is 1.37 bits per heavy atom. The standard InChI is InChI=1S/C13H20N6/c1-2-6-19(10-4-3-5-14-7-10)13-11-12(16-8-15-11)17-9-18-13/h8-10,14H,2-7H2,1H3,(H,15,16,17,18). The molecule has 3 rings (SSSR count). The molecule has 1 aliphatic heterocycles. The summed E-state index contributed by atoms with van der Waals surface area (Å²) in [6.45, 7) is 5.37. The Hall–Kier alpha value is -1.69. The third-order valence-corrected chi connectivity index (χ3v) is 3.65. The van der Waals surface area contributed by atoms with Crippen molar-refractivity contribution < 1.29 is 0 Å². The van der Waals surface area contributed by atoms with Crippen LogP contribution in [0.4, 0.5) is 5.82 Å². The summed E-state index contributed by atoms with van der Waals surface area (Å²) < 4.78 is 0. The topological polar surface area (TPSA) is 69.7 Å². The molecule has 0 saturated carbocycles. The van der Waals surface area contributed by atoms with Gasteiger partial charge in [0.25, 0.3) is 0 Å². The van der Waals surface area contributed by atoms with Gasteiger partial charge in [-0.3, -0.25) is 0 Å². The molecule has 2 aromatic heterocycles. The van der Waals surface area contributed by atoms with E-state index >= 15 is 0 Å². The van der Waals surface area contributed by atoms with Gasteiger partial charge >= 0.3 is 0 Å². The number of nitrogens with zero attached hydrogens (tertiary/aromatic N) is 4. The third kappa shape index (κ3) is 2.40. The number of piperidine rings is 1. The first-order valence-corrected chi connectivity index (χ1v) is 7.01. The number of aromatic nitrogens is 4. The van der Waals surface area contributed by atoms with Crippen LogP contribution in [0.1, 0.15) is 26.2 Å². The van der Waals surface area contributed by atoms with E-state index in [0.717, 1.165) is 43.0 Å². The predicted molar refractivity (Wildman–Crippen MR) is 75.2 cm³/mol. The van der Waals surface area contributed by atoms with Gasteiger partial charge in [-0.25, -0.2) is 15.0 Å². The largest absolute Gasteiger partial charge is 0.350 e. The van der Waals surface area contributed by atoms with Crippen LogP contribution >= 0.6 is 0 Å². The van der Waals surface area contributed by atoms with Crippen molar-refractivity contribution in [1.82, 2.24) is 25.3 Å². The van der Waals surface area contributed by atoms with Gasteiger partial charge in [-0.2, -0.15) is 0 Å². The highest BCUT2D eigenvalue weighted by Crippen LogP contribution is 2.24. The molecule has 0 radical (unpaired) electrons. The minimum Gasteiger partial charge on any atom is -0.350 e. The van der Waals surface area contributed by atoms with Crippen molar-refractivity contribution in [3.8, 4) is 0 Å². The molecular formula is C13H20N6. The van der Waals surface area contributed by atoms with Crippen LogP contribution in [0.3, 0.4) is 0 Å². The average Bonchev–Trinajstić information content (AvgIpc) is 2.94. The lowest BCUT2D eigenvalue weighted by Crippen LogP contribution is -2.47. The second-order valence-electron chi connectivity index (χ2n) is 4.99. The van der Waals surface area contributed by atoms with Crippen molar-refractivity contribution in [2.45, 2.75) is 32.2 Å². The first kappa shape index (κ1) is 12.3. The summed E-state index contributed by atoms with van der Waals surface area (Å²) in [5.74, 6) is 0.984. The lowest BCUT2D eigenvalue weighted by molar-refractivity contribution is 0.429. The van der Waals surface area contributed by atoms with Crippen LogP contribution in [0.5, 0.6) is 0 Å². The SMILES string of the molecule is CCCN(c1ncnc2nc[nH]c12)C1CCCNC1. The quantitative estimate of drug-likeness (QED) is 0.867. The Balaban J connectivity index is 1.96. The second kappa shape index (κ2) is 5.52. The summed E-state index contributed by atoms with van der Waals surface area (Å²) >= 11 is 0. The molecular weight excluding hydrogens is 240 g/mol. The van der Waals surface area contributed by atoms with Crippen LogP contribution in [0.25, 0.3) is 11.2 Å². The maximum absolute atomic E-state index is 4.49. The molecule has 0 bridgehead atoms. The second-order valence-corrected chi connectivity index (χ2v) is 4.99. The van der Waals surface area contributed by atoms with Gasteiger partial charge in [0.1, 0.15) is 11.8 Å². The van der Waals surface area contributed by atoms with E-state index < -0.39 is 0 Å². The molecule has 2 N–H and O–H groups in total. The molecule has 6 nitrogen and oxygen atoms in total. The minimum atomic E-state index is 0.509. The van der Waals surface area contributed by atoms with Gasteiger partial charge in [0.2, 0.25) is 0 Å². The summed E-state index contributed by atoms with van der Waals surface area (Å²) in [5.41, 5.74) is 1.69. The summed E-state index contributed by atoms with van der Waals surface area (Å²) in [7, 11) is 0. The molecule has 6 heteroatoms. The number of imidazole rings is 1. The van der Waals surface area contributed by atoms with Crippen LogP contribution in [0.15, 0.2) is 12.7 Å². The zero-order valence-electron chi connectivity index (χ0n) is 11.3. The van der Waals surface area contributed by atoms with Crippen molar-refractivity contribution in [2.75, 3.05) is 24.5 Å². The molecule has 1 atom stereocenters. The predicted octanol–water partition coefficient (Wildman–Crippen LogP) is 1.32. The fourth-order valence-electron chi connectivity index (χ4n) is 2.77. The number of nitrogens with one attached hydrogen (secondary N) is 2. The Kier molecular flexibility index (Phi) is 3.59. The molecule has 1 aliphatic rings. The first-order chi connectivity index (χ1) is 9.40. The number of hydrogen-bond donors (Lipinski definition) is 2. The Bertz CT molecular complexity index is 531. The molecule has 0 spiro atoms. The molecule has 2 aromatic rings. The van der Waals surface area contributed by atoms with Gasteiger partial charge in [-0.15, -0.1) is 0 Å². The van der Waals surface area contributed by atoms with E-state index in [9.17, 15) is 0 Å². The van der Waals surface area contributed by atoms with Crippen molar-refractivity contribution in [1.29, 1.82) is 0 Å². The molecule has 0 aromatic carbocycles. The molecule has 0 aliphatic carbocycles. The molecule has 0 amide bonds. The van der Waals surface area contributed by atoms with E-state index in [-0.39, 0.29) is 0 Å². The zero-order valence-corrected chi connectivity index (χ0v) is 11.3. The lowest BCUT2D eigenvalue weighted by atomic mass is 10.1. The molecule has 3 heterocycles. The fourth-order valence-corrected chi connectivity index (χ4v) is 2.77. The first-order valence-electron chi connectivity index (χ1n) is 7.01. The van der Waals surface area contributed by atoms with Crippen LogP contribution in [-0.4, -0.2) is 45.6 Å². The highest BCUT2D eigenvalue weighted by molar-refractivity contribution is 5.82. The molecule has 1 fully saturated rings. The number of rotatable bonds is 4. The highest BCUT2D eigenvalue weighted by Gasteiger charge is 2.23. The molecule has 19 heavy (non-hydrogen) atoms. The monoisotopic (exact) mass is 260 g/mol. The number of H-pyrrole nitrogens is 1. The number of aromatic amines is 1.